The van der Waals surface area contributed by atoms with Crippen molar-refractivity contribution in [3.05, 3.63) is 34.9 Å². The van der Waals surface area contributed by atoms with Gasteiger partial charge in [0, 0.05) is 10.6 Å². The molecule has 4 nitrogen and oxygen atoms in total. The topological polar surface area (TPSA) is 48.1 Å². The van der Waals surface area contributed by atoms with Gasteiger partial charge in [0.2, 0.25) is 0 Å². The van der Waals surface area contributed by atoms with Crippen LogP contribution in [0.5, 0.6) is 0 Å². The third-order valence-electron chi connectivity index (χ3n) is 1.71. The molecule has 1 aromatic rings. The van der Waals surface area contributed by atoms with Gasteiger partial charge in [-0.05, 0) is 6.07 Å². The van der Waals surface area contributed by atoms with E-state index in [2.05, 4.69) is 21.9 Å². The van der Waals surface area contributed by atoms with Crippen molar-refractivity contribution in [2.75, 3.05) is 0 Å². The molecule has 0 atom stereocenters. The van der Waals surface area contributed by atoms with Crippen molar-refractivity contribution in [2.45, 2.75) is 6.17 Å². The molecule has 0 radical (unpaired) electrons. The molecule has 2 rings (SSSR count). The Morgan fingerprint density at radius 3 is 2.42 bits per heavy atom. The van der Waals surface area contributed by atoms with E-state index in [9.17, 15) is 0 Å². The highest BCUT2D eigenvalue weighted by Crippen LogP contribution is 2.20. The SMILES string of the molecule is Clc1ccccc1C1NNNN1. The molecule has 0 unspecified atom stereocenters. The van der Waals surface area contributed by atoms with Crippen LogP contribution < -0.4 is 21.9 Å². The summed E-state index contributed by atoms with van der Waals surface area (Å²) in [7, 11) is 0. The molecular formula is C7H9ClN4. The van der Waals surface area contributed by atoms with Gasteiger partial charge in [-0.2, -0.15) is 11.1 Å². The molecule has 5 heteroatoms. The van der Waals surface area contributed by atoms with E-state index in [1.807, 2.05) is 24.3 Å². The molecular weight excluding hydrogens is 176 g/mol. The van der Waals surface area contributed by atoms with Gasteiger partial charge in [-0.25, -0.2) is 10.9 Å². The predicted octanol–water partition coefficient (Wildman–Crippen LogP) is 0.456. The summed E-state index contributed by atoms with van der Waals surface area (Å²) in [5.41, 5.74) is 12.4. The van der Waals surface area contributed by atoms with Crippen LogP contribution in [0.1, 0.15) is 11.7 Å². The average Bonchev–Trinajstić information content (AvgIpc) is 2.57. The van der Waals surface area contributed by atoms with Crippen LogP contribution in [0.15, 0.2) is 24.3 Å². The lowest BCUT2D eigenvalue weighted by atomic mass is 10.2. The van der Waals surface area contributed by atoms with Crippen LogP contribution in [-0.4, -0.2) is 0 Å². The molecule has 12 heavy (non-hydrogen) atoms. The van der Waals surface area contributed by atoms with Gasteiger partial charge in [-0.15, -0.1) is 0 Å². The zero-order valence-corrected chi connectivity index (χ0v) is 7.02. The minimum atomic E-state index is 0.0127. The number of benzene rings is 1. The highest BCUT2D eigenvalue weighted by Gasteiger charge is 2.16. The van der Waals surface area contributed by atoms with E-state index in [-0.39, 0.29) is 6.17 Å². The van der Waals surface area contributed by atoms with Crippen molar-refractivity contribution < 1.29 is 0 Å². The van der Waals surface area contributed by atoms with Crippen molar-refractivity contribution in [3.8, 4) is 0 Å². The Morgan fingerprint density at radius 2 is 1.75 bits per heavy atom. The fourth-order valence-electron chi connectivity index (χ4n) is 1.12. The van der Waals surface area contributed by atoms with Crippen LogP contribution in [0.25, 0.3) is 0 Å². The van der Waals surface area contributed by atoms with Crippen LogP contribution in [0.2, 0.25) is 5.02 Å². The third kappa shape index (κ3) is 1.43. The lowest BCUT2D eigenvalue weighted by molar-refractivity contribution is 0.555. The maximum absolute atomic E-state index is 5.97. The Morgan fingerprint density at radius 1 is 1.08 bits per heavy atom. The van der Waals surface area contributed by atoms with Crippen LogP contribution in [0, 0.1) is 0 Å². The second kappa shape index (κ2) is 3.38. The molecule has 0 amide bonds. The molecule has 0 aromatic heterocycles. The lowest BCUT2D eigenvalue weighted by Gasteiger charge is -2.10. The summed E-state index contributed by atoms with van der Waals surface area (Å²) in [5.74, 6) is 0. The van der Waals surface area contributed by atoms with Gasteiger partial charge in [0.25, 0.3) is 0 Å². The maximum atomic E-state index is 5.97. The molecule has 0 spiro atoms. The molecule has 0 bridgehead atoms. The molecule has 4 N–H and O–H groups in total. The minimum Gasteiger partial charge on any atom is -0.220 e. The molecule has 1 aromatic carbocycles. The first-order chi connectivity index (χ1) is 5.88. The Labute approximate surface area is 75.2 Å². The Kier molecular flexibility index (Phi) is 2.25. The molecule has 1 saturated heterocycles. The Bertz CT molecular complexity index is 272. The first-order valence-corrected chi connectivity index (χ1v) is 4.01. The van der Waals surface area contributed by atoms with Crippen molar-refractivity contribution in [2.24, 2.45) is 0 Å². The molecule has 0 aliphatic carbocycles. The summed E-state index contributed by atoms with van der Waals surface area (Å²) in [6.07, 6.45) is 0.0127. The van der Waals surface area contributed by atoms with E-state index in [0.29, 0.717) is 0 Å². The standard InChI is InChI=1S/C7H9ClN4/c8-6-4-2-1-3-5(6)7-9-11-12-10-7/h1-4,7,9-12H. The van der Waals surface area contributed by atoms with Crippen LogP contribution in [0.4, 0.5) is 0 Å². The Hall–Kier alpha value is -0.650. The zero-order chi connectivity index (χ0) is 8.39. The largest absolute Gasteiger partial charge is 0.220 e. The fourth-order valence-corrected chi connectivity index (χ4v) is 1.36. The number of halogens is 1. The summed E-state index contributed by atoms with van der Waals surface area (Å²) in [5, 5.41) is 0.744. The molecule has 1 heterocycles. The second-order valence-corrected chi connectivity index (χ2v) is 2.90. The van der Waals surface area contributed by atoms with Crippen molar-refractivity contribution in [1.29, 1.82) is 0 Å². The van der Waals surface area contributed by atoms with Crippen LogP contribution in [-0.2, 0) is 0 Å². The van der Waals surface area contributed by atoms with Gasteiger partial charge >= 0.3 is 0 Å². The number of rotatable bonds is 1. The second-order valence-electron chi connectivity index (χ2n) is 2.49. The van der Waals surface area contributed by atoms with Crippen molar-refractivity contribution in [1.82, 2.24) is 21.9 Å². The highest BCUT2D eigenvalue weighted by atomic mass is 35.5. The molecule has 0 saturated carbocycles. The summed E-state index contributed by atoms with van der Waals surface area (Å²) in [6.45, 7) is 0. The van der Waals surface area contributed by atoms with Crippen LogP contribution >= 0.6 is 11.6 Å². The molecule has 64 valence electrons. The van der Waals surface area contributed by atoms with Gasteiger partial charge < -0.3 is 0 Å². The first-order valence-electron chi connectivity index (χ1n) is 3.63. The van der Waals surface area contributed by atoms with Gasteiger partial charge in [-0.3, -0.25) is 0 Å². The van der Waals surface area contributed by atoms with E-state index in [1.54, 1.807) is 0 Å². The minimum absolute atomic E-state index is 0.0127. The molecule has 1 aliphatic rings. The summed E-state index contributed by atoms with van der Waals surface area (Å²) < 4.78 is 0. The zero-order valence-electron chi connectivity index (χ0n) is 6.26. The third-order valence-corrected chi connectivity index (χ3v) is 2.06. The fraction of sp³-hybridized carbons (Fsp3) is 0.143. The van der Waals surface area contributed by atoms with E-state index >= 15 is 0 Å². The smallest absolute Gasteiger partial charge is 0.113 e. The van der Waals surface area contributed by atoms with E-state index in [4.69, 9.17) is 11.6 Å². The molecule has 1 fully saturated rings. The number of hydrogen-bond acceptors (Lipinski definition) is 4. The van der Waals surface area contributed by atoms with Crippen molar-refractivity contribution >= 4 is 11.6 Å². The number of nitrogens with one attached hydrogen (secondary N) is 4. The molecule has 1 aliphatic heterocycles. The van der Waals surface area contributed by atoms with Crippen molar-refractivity contribution in [3.63, 3.8) is 0 Å². The first kappa shape index (κ1) is 7.97. The monoisotopic (exact) mass is 184 g/mol. The number of hydrogen-bond donors (Lipinski definition) is 4. The number of hydrazine groups is 3. The van der Waals surface area contributed by atoms with E-state index in [0.717, 1.165) is 10.6 Å². The van der Waals surface area contributed by atoms with E-state index < -0.39 is 0 Å². The lowest BCUT2D eigenvalue weighted by Crippen LogP contribution is -2.33. The van der Waals surface area contributed by atoms with Gasteiger partial charge in [-0.1, -0.05) is 29.8 Å². The summed E-state index contributed by atoms with van der Waals surface area (Å²) in [6, 6.07) is 7.67. The average molecular weight is 185 g/mol. The maximum Gasteiger partial charge on any atom is 0.113 e. The normalized spacial score (nSPS) is 18.4. The summed E-state index contributed by atoms with van der Waals surface area (Å²) in [4.78, 5) is 0. The van der Waals surface area contributed by atoms with E-state index in [1.165, 1.54) is 0 Å². The van der Waals surface area contributed by atoms with Gasteiger partial charge in [0.15, 0.2) is 0 Å². The van der Waals surface area contributed by atoms with Gasteiger partial charge in [0.05, 0.1) is 0 Å². The summed E-state index contributed by atoms with van der Waals surface area (Å²) >= 11 is 5.97. The van der Waals surface area contributed by atoms with Crippen LogP contribution in [0.3, 0.4) is 0 Å². The Balaban J connectivity index is 2.26. The quantitative estimate of drug-likeness (QED) is 0.512. The predicted molar refractivity (Wildman–Crippen MR) is 46.7 cm³/mol. The highest BCUT2D eigenvalue weighted by molar-refractivity contribution is 6.31. The van der Waals surface area contributed by atoms with Gasteiger partial charge in [0.1, 0.15) is 6.17 Å².